The highest BCUT2D eigenvalue weighted by atomic mass is 79.9. The van der Waals surface area contributed by atoms with Crippen molar-refractivity contribution in [3.05, 3.63) is 52.4 Å². The summed E-state index contributed by atoms with van der Waals surface area (Å²) in [4.78, 5) is 30.7. The van der Waals surface area contributed by atoms with Crippen LogP contribution in [0.5, 0.6) is 0 Å². The normalized spacial score (nSPS) is 15.2. The van der Waals surface area contributed by atoms with E-state index in [0.29, 0.717) is 43.0 Å². The van der Waals surface area contributed by atoms with Crippen LogP contribution < -0.4 is 10.6 Å². The Morgan fingerprint density at radius 3 is 2.61 bits per heavy atom. The molecular formula is C20H22BrFN4O2. The van der Waals surface area contributed by atoms with E-state index in [2.05, 4.69) is 31.5 Å². The Hall–Kier alpha value is -2.32. The third-order valence-corrected chi connectivity index (χ3v) is 5.23. The minimum atomic E-state index is -0.343. The number of halogens is 2. The van der Waals surface area contributed by atoms with E-state index in [0.717, 1.165) is 4.47 Å². The number of benzene rings is 1. The third kappa shape index (κ3) is 5.59. The van der Waals surface area contributed by atoms with E-state index in [9.17, 15) is 14.0 Å². The van der Waals surface area contributed by atoms with E-state index < -0.39 is 0 Å². The van der Waals surface area contributed by atoms with Gasteiger partial charge in [0.25, 0.3) is 0 Å². The lowest BCUT2D eigenvalue weighted by atomic mass is 9.96. The molecule has 148 valence electrons. The molecule has 1 fully saturated rings. The number of aromatic nitrogens is 1. The van der Waals surface area contributed by atoms with Gasteiger partial charge in [-0.05, 0) is 78.6 Å². The summed E-state index contributed by atoms with van der Waals surface area (Å²) in [6.07, 6.45) is 2.99. The summed E-state index contributed by atoms with van der Waals surface area (Å²) in [7, 11) is 0. The molecule has 2 N–H and O–H groups in total. The summed E-state index contributed by atoms with van der Waals surface area (Å²) in [6.45, 7) is 3.20. The van der Waals surface area contributed by atoms with Crippen molar-refractivity contribution >= 4 is 39.2 Å². The zero-order valence-electron chi connectivity index (χ0n) is 15.5. The Bertz CT molecular complexity index is 852. The van der Waals surface area contributed by atoms with Gasteiger partial charge in [0.1, 0.15) is 11.6 Å². The Kier molecular flexibility index (Phi) is 6.74. The van der Waals surface area contributed by atoms with Crippen LogP contribution in [0.3, 0.4) is 0 Å². The molecule has 3 rings (SSSR count). The molecule has 0 spiro atoms. The first-order valence-electron chi connectivity index (χ1n) is 9.11. The van der Waals surface area contributed by atoms with Crippen LogP contribution >= 0.6 is 15.9 Å². The average molecular weight is 449 g/mol. The lowest BCUT2D eigenvalue weighted by molar-refractivity contribution is -0.121. The van der Waals surface area contributed by atoms with Gasteiger partial charge in [-0.25, -0.2) is 9.37 Å². The van der Waals surface area contributed by atoms with Gasteiger partial charge in [0, 0.05) is 22.3 Å². The number of aryl methyl sites for hydroxylation is 1. The van der Waals surface area contributed by atoms with Gasteiger partial charge in [0.05, 0.1) is 6.54 Å². The fraction of sp³-hybridized carbons (Fsp3) is 0.350. The molecule has 0 saturated carbocycles. The fourth-order valence-corrected chi connectivity index (χ4v) is 3.34. The van der Waals surface area contributed by atoms with E-state index in [1.54, 1.807) is 31.3 Å². The number of piperidine rings is 1. The lowest BCUT2D eigenvalue weighted by Crippen LogP contribution is -2.41. The van der Waals surface area contributed by atoms with E-state index >= 15 is 0 Å². The van der Waals surface area contributed by atoms with Gasteiger partial charge in [-0.15, -0.1) is 0 Å². The minimum absolute atomic E-state index is 0.0472. The first kappa shape index (κ1) is 20.4. The van der Waals surface area contributed by atoms with Gasteiger partial charge < -0.3 is 10.6 Å². The molecule has 1 aromatic heterocycles. The second-order valence-corrected chi connectivity index (χ2v) is 7.83. The molecule has 8 heteroatoms. The number of hydrogen-bond donors (Lipinski definition) is 2. The van der Waals surface area contributed by atoms with Crippen molar-refractivity contribution in [2.45, 2.75) is 19.8 Å². The van der Waals surface area contributed by atoms with Crippen molar-refractivity contribution in [2.75, 3.05) is 30.3 Å². The molecule has 1 saturated heterocycles. The number of pyridine rings is 1. The number of nitrogens with zero attached hydrogens (tertiary/aromatic N) is 2. The van der Waals surface area contributed by atoms with Crippen molar-refractivity contribution in [1.29, 1.82) is 0 Å². The topological polar surface area (TPSA) is 74.3 Å². The number of anilines is 2. The number of nitrogens with one attached hydrogen (secondary N) is 2. The molecule has 0 aliphatic carbocycles. The van der Waals surface area contributed by atoms with Crippen LogP contribution in [-0.2, 0) is 9.59 Å². The van der Waals surface area contributed by atoms with E-state index in [1.807, 2.05) is 11.0 Å². The van der Waals surface area contributed by atoms with Crippen LogP contribution in [-0.4, -0.2) is 41.3 Å². The zero-order valence-corrected chi connectivity index (χ0v) is 17.1. The van der Waals surface area contributed by atoms with Crippen molar-refractivity contribution in [2.24, 2.45) is 5.92 Å². The minimum Gasteiger partial charge on any atom is -0.325 e. The Morgan fingerprint density at radius 1 is 1.21 bits per heavy atom. The van der Waals surface area contributed by atoms with Crippen molar-refractivity contribution in [3.8, 4) is 0 Å². The average Bonchev–Trinajstić information content (AvgIpc) is 2.67. The number of amides is 2. The van der Waals surface area contributed by atoms with Crippen LogP contribution in [0.2, 0.25) is 0 Å². The maximum Gasteiger partial charge on any atom is 0.238 e. The highest BCUT2D eigenvalue weighted by Gasteiger charge is 2.26. The van der Waals surface area contributed by atoms with Gasteiger partial charge in [-0.2, -0.15) is 0 Å². The van der Waals surface area contributed by atoms with Crippen LogP contribution in [0.25, 0.3) is 0 Å². The zero-order chi connectivity index (χ0) is 20.1. The highest BCUT2D eigenvalue weighted by molar-refractivity contribution is 9.10. The number of carbonyl (C=O) groups excluding carboxylic acids is 2. The standard InChI is InChI=1S/C20H22BrFN4O2/c1-13-2-4-16(10-17(13)22)24-19(27)12-26-8-6-14(7-9-26)20(28)25-18-5-3-15(21)11-23-18/h2-5,10-11,14H,6-9,12H2,1H3,(H,24,27)(H,23,25,28). The van der Waals surface area contributed by atoms with E-state index in [4.69, 9.17) is 0 Å². The lowest BCUT2D eigenvalue weighted by Gasteiger charge is -2.30. The summed E-state index contributed by atoms with van der Waals surface area (Å²) in [5.74, 6) is -0.152. The van der Waals surface area contributed by atoms with Crippen LogP contribution in [0.1, 0.15) is 18.4 Å². The summed E-state index contributed by atoms with van der Waals surface area (Å²) >= 11 is 3.31. The van der Waals surface area contributed by atoms with Crippen LogP contribution in [0.4, 0.5) is 15.9 Å². The summed E-state index contributed by atoms with van der Waals surface area (Å²) in [5.41, 5.74) is 0.987. The quantitative estimate of drug-likeness (QED) is 0.732. The molecular weight excluding hydrogens is 427 g/mol. The molecule has 0 radical (unpaired) electrons. The number of hydrogen-bond acceptors (Lipinski definition) is 4. The third-order valence-electron chi connectivity index (χ3n) is 4.76. The first-order valence-corrected chi connectivity index (χ1v) is 9.91. The largest absolute Gasteiger partial charge is 0.325 e. The summed E-state index contributed by atoms with van der Waals surface area (Å²) in [5, 5.41) is 5.55. The molecule has 0 bridgehead atoms. The van der Waals surface area contributed by atoms with E-state index in [-0.39, 0.29) is 30.1 Å². The van der Waals surface area contributed by atoms with Crippen molar-refractivity contribution in [1.82, 2.24) is 9.88 Å². The molecule has 0 unspecified atom stereocenters. The van der Waals surface area contributed by atoms with Crippen LogP contribution in [0, 0.1) is 18.7 Å². The first-order chi connectivity index (χ1) is 13.4. The van der Waals surface area contributed by atoms with Crippen LogP contribution in [0.15, 0.2) is 41.0 Å². The maximum atomic E-state index is 13.6. The Labute approximate surface area is 171 Å². The number of rotatable bonds is 5. The molecule has 2 heterocycles. The number of carbonyl (C=O) groups is 2. The monoisotopic (exact) mass is 448 g/mol. The smallest absolute Gasteiger partial charge is 0.238 e. The summed E-state index contributed by atoms with van der Waals surface area (Å²) in [6, 6.07) is 8.21. The van der Waals surface area contributed by atoms with Gasteiger partial charge >= 0.3 is 0 Å². The molecule has 1 aliphatic rings. The van der Waals surface area contributed by atoms with Gasteiger partial charge in [0.2, 0.25) is 11.8 Å². The summed E-state index contributed by atoms with van der Waals surface area (Å²) < 4.78 is 14.4. The molecule has 1 aromatic carbocycles. The molecule has 0 atom stereocenters. The molecule has 2 amide bonds. The maximum absolute atomic E-state index is 13.6. The number of likely N-dealkylation sites (tertiary alicyclic amines) is 1. The van der Waals surface area contributed by atoms with Gasteiger partial charge in [0.15, 0.2) is 0 Å². The molecule has 6 nitrogen and oxygen atoms in total. The molecule has 2 aromatic rings. The second kappa shape index (κ2) is 9.25. The SMILES string of the molecule is Cc1ccc(NC(=O)CN2CCC(C(=O)Nc3ccc(Br)cn3)CC2)cc1F. The fourth-order valence-electron chi connectivity index (χ4n) is 3.11. The molecule has 28 heavy (non-hydrogen) atoms. The Balaban J connectivity index is 1.44. The Morgan fingerprint density at radius 2 is 1.96 bits per heavy atom. The van der Waals surface area contributed by atoms with Crippen molar-refractivity contribution in [3.63, 3.8) is 0 Å². The van der Waals surface area contributed by atoms with Crippen molar-refractivity contribution < 1.29 is 14.0 Å². The van der Waals surface area contributed by atoms with Gasteiger partial charge in [-0.1, -0.05) is 6.07 Å². The predicted octanol–water partition coefficient (Wildman–Crippen LogP) is 3.58. The van der Waals surface area contributed by atoms with E-state index in [1.165, 1.54) is 6.07 Å². The predicted molar refractivity (Wildman–Crippen MR) is 109 cm³/mol. The highest BCUT2D eigenvalue weighted by Crippen LogP contribution is 2.20. The molecule has 1 aliphatic heterocycles. The second-order valence-electron chi connectivity index (χ2n) is 6.91. The van der Waals surface area contributed by atoms with Gasteiger partial charge in [-0.3, -0.25) is 14.5 Å².